The van der Waals surface area contributed by atoms with Gasteiger partial charge in [-0.15, -0.1) is 0 Å². The molecule has 0 atom stereocenters. The largest absolute Gasteiger partial charge is 0.507 e. The maximum Gasteiger partial charge on any atom is 0.196 e. The second kappa shape index (κ2) is 5.44. The number of hydrogen-bond acceptors (Lipinski definition) is 3. The Morgan fingerprint density at radius 2 is 1.76 bits per heavy atom. The predicted octanol–water partition coefficient (Wildman–Crippen LogP) is 4.12. The zero-order valence-corrected chi connectivity index (χ0v) is 11.8. The third-order valence-corrected chi connectivity index (χ3v) is 3.54. The Morgan fingerprint density at radius 3 is 2.52 bits per heavy atom. The van der Waals surface area contributed by atoms with Crippen LogP contribution in [0.15, 0.2) is 57.7 Å². The highest BCUT2D eigenvalue weighted by Gasteiger charge is 2.17. The monoisotopic (exact) mass is 280 g/mol. The van der Waals surface area contributed by atoms with Gasteiger partial charge in [0.05, 0.1) is 10.9 Å². The van der Waals surface area contributed by atoms with Gasteiger partial charge >= 0.3 is 0 Å². The van der Waals surface area contributed by atoms with E-state index in [2.05, 4.69) is 0 Å². The molecule has 106 valence electrons. The van der Waals surface area contributed by atoms with Crippen molar-refractivity contribution in [2.75, 3.05) is 0 Å². The smallest absolute Gasteiger partial charge is 0.196 e. The highest BCUT2D eigenvalue weighted by molar-refractivity contribution is 5.81. The van der Waals surface area contributed by atoms with Crippen molar-refractivity contribution < 1.29 is 9.52 Å². The lowest BCUT2D eigenvalue weighted by Gasteiger charge is -2.10. The fraction of sp³-hybridized carbons (Fsp3) is 0.167. The van der Waals surface area contributed by atoms with Crippen molar-refractivity contribution in [1.82, 2.24) is 0 Å². The number of rotatable bonds is 3. The SMILES string of the molecule is CCCc1c(-c2ccccc2O)oc2ccccc2c1=O. The van der Waals surface area contributed by atoms with Gasteiger partial charge in [0, 0.05) is 5.56 Å². The van der Waals surface area contributed by atoms with E-state index < -0.39 is 0 Å². The highest BCUT2D eigenvalue weighted by atomic mass is 16.3. The van der Waals surface area contributed by atoms with Crippen LogP contribution in [0.4, 0.5) is 0 Å². The van der Waals surface area contributed by atoms with Crippen LogP contribution in [0.25, 0.3) is 22.3 Å². The van der Waals surface area contributed by atoms with Crippen molar-refractivity contribution in [3.63, 3.8) is 0 Å². The summed E-state index contributed by atoms with van der Waals surface area (Å²) in [6, 6.07) is 14.1. The third kappa shape index (κ3) is 2.31. The summed E-state index contributed by atoms with van der Waals surface area (Å²) in [4.78, 5) is 12.7. The van der Waals surface area contributed by atoms with E-state index in [1.54, 1.807) is 30.3 Å². The molecule has 1 heterocycles. The van der Waals surface area contributed by atoms with Crippen LogP contribution in [0.1, 0.15) is 18.9 Å². The van der Waals surface area contributed by atoms with E-state index in [0.717, 1.165) is 6.42 Å². The molecule has 3 heteroatoms. The maximum absolute atomic E-state index is 12.7. The van der Waals surface area contributed by atoms with Gasteiger partial charge in [0.25, 0.3) is 0 Å². The lowest BCUT2D eigenvalue weighted by Crippen LogP contribution is -2.11. The normalized spacial score (nSPS) is 10.9. The van der Waals surface area contributed by atoms with Crippen molar-refractivity contribution in [2.45, 2.75) is 19.8 Å². The summed E-state index contributed by atoms with van der Waals surface area (Å²) in [5, 5.41) is 10.6. The second-order valence-corrected chi connectivity index (χ2v) is 5.00. The molecular formula is C18H16O3. The molecule has 21 heavy (non-hydrogen) atoms. The molecule has 1 N–H and O–H groups in total. The Morgan fingerprint density at radius 1 is 1.05 bits per heavy atom. The fourth-order valence-corrected chi connectivity index (χ4v) is 2.54. The summed E-state index contributed by atoms with van der Waals surface area (Å²) in [6.07, 6.45) is 1.46. The molecule has 0 aliphatic rings. The Labute approximate surface area is 122 Å². The first kappa shape index (κ1) is 13.4. The standard InChI is InChI=1S/C18H16O3/c1-2-7-14-17(20)13-9-4-6-11-16(13)21-18(14)12-8-3-5-10-15(12)19/h3-6,8-11,19H,2,7H2,1H3. The number of hydrogen-bond donors (Lipinski definition) is 1. The van der Waals surface area contributed by atoms with Crippen LogP contribution in [-0.4, -0.2) is 5.11 Å². The molecule has 0 bridgehead atoms. The van der Waals surface area contributed by atoms with Crippen LogP contribution in [0.2, 0.25) is 0 Å². The van der Waals surface area contributed by atoms with E-state index >= 15 is 0 Å². The minimum atomic E-state index is -0.0167. The molecule has 2 aromatic carbocycles. The molecule has 0 aliphatic heterocycles. The molecule has 0 fully saturated rings. The summed E-state index contributed by atoms with van der Waals surface area (Å²) in [5.41, 5.74) is 1.71. The van der Waals surface area contributed by atoms with Gasteiger partial charge in [-0.25, -0.2) is 0 Å². The van der Waals surface area contributed by atoms with E-state index in [0.29, 0.717) is 34.3 Å². The molecule has 0 unspecified atom stereocenters. The number of phenolic OH excluding ortho intramolecular Hbond substituents is 1. The van der Waals surface area contributed by atoms with Gasteiger partial charge in [-0.2, -0.15) is 0 Å². The van der Waals surface area contributed by atoms with Crippen molar-refractivity contribution in [2.24, 2.45) is 0 Å². The summed E-state index contributed by atoms with van der Waals surface area (Å²) >= 11 is 0. The molecule has 0 amide bonds. The molecule has 3 rings (SSSR count). The first-order chi connectivity index (χ1) is 10.2. The molecule has 3 nitrogen and oxygen atoms in total. The van der Waals surface area contributed by atoms with Crippen LogP contribution in [-0.2, 0) is 6.42 Å². The second-order valence-electron chi connectivity index (χ2n) is 5.00. The first-order valence-corrected chi connectivity index (χ1v) is 7.05. The number of benzene rings is 2. The summed E-state index contributed by atoms with van der Waals surface area (Å²) in [6.45, 7) is 2.02. The van der Waals surface area contributed by atoms with E-state index in [1.165, 1.54) is 0 Å². The molecule has 1 aromatic heterocycles. The minimum Gasteiger partial charge on any atom is -0.507 e. The lowest BCUT2D eigenvalue weighted by molar-refractivity contribution is 0.474. The van der Waals surface area contributed by atoms with Gasteiger partial charge in [-0.3, -0.25) is 4.79 Å². The zero-order valence-electron chi connectivity index (χ0n) is 11.8. The van der Waals surface area contributed by atoms with Crippen molar-refractivity contribution in [1.29, 1.82) is 0 Å². The van der Waals surface area contributed by atoms with E-state index in [1.807, 2.05) is 25.1 Å². The lowest BCUT2D eigenvalue weighted by atomic mass is 10.0. The van der Waals surface area contributed by atoms with Gasteiger partial charge < -0.3 is 9.52 Å². The van der Waals surface area contributed by atoms with E-state index in [9.17, 15) is 9.90 Å². The van der Waals surface area contributed by atoms with Gasteiger partial charge in [-0.1, -0.05) is 37.6 Å². The summed E-state index contributed by atoms with van der Waals surface area (Å²) in [7, 11) is 0. The molecular weight excluding hydrogens is 264 g/mol. The number of fused-ring (bicyclic) bond motifs is 1. The fourth-order valence-electron chi connectivity index (χ4n) is 2.54. The number of phenols is 1. The van der Waals surface area contributed by atoms with Crippen LogP contribution in [0.3, 0.4) is 0 Å². The van der Waals surface area contributed by atoms with Crippen LogP contribution < -0.4 is 5.43 Å². The Kier molecular flexibility index (Phi) is 3.48. The van der Waals surface area contributed by atoms with Crippen molar-refractivity contribution in [3.05, 3.63) is 64.3 Å². The Hall–Kier alpha value is -2.55. The quantitative estimate of drug-likeness (QED) is 0.785. The maximum atomic E-state index is 12.7. The van der Waals surface area contributed by atoms with Gasteiger partial charge in [-0.05, 0) is 30.7 Å². The van der Waals surface area contributed by atoms with Gasteiger partial charge in [0.15, 0.2) is 5.43 Å². The van der Waals surface area contributed by atoms with E-state index in [4.69, 9.17) is 4.42 Å². The van der Waals surface area contributed by atoms with Crippen LogP contribution in [0, 0.1) is 0 Å². The first-order valence-electron chi connectivity index (χ1n) is 7.05. The Balaban J connectivity index is 2.38. The third-order valence-electron chi connectivity index (χ3n) is 3.54. The van der Waals surface area contributed by atoms with Crippen LogP contribution >= 0.6 is 0 Å². The van der Waals surface area contributed by atoms with Crippen LogP contribution in [0.5, 0.6) is 5.75 Å². The molecule has 0 aliphatic carbocycles. The molecule has 0 saturated carbocycles. The van der Waals surface area contributed by atoms with Crippen molar-refractivity contribution >= 4 is 11.0 Å². The van der Waals surface area contributed by atoms with Crippen molar-refractivity contribution in [3.8, 4) is 17.1 Å². The molecule has 3 aromatic rings. The predicted molar refractivity (Wildman–Crippen MR) is 83.6 cm³/mol. The number of aromatic hydroxyl groups is 1. The summed E-state index contributed by atoms with van der Waals surface area (Å²) in [5.74, 6) is 0.590. The average molecular weight is 280 g/mol. The topological polar surface area (TPSA) is 50.4 Å². The van der Waals surface area contributed by atoms with Gasteiger partial charge in [0.2, 0.25) is 0 Å². The summed E-state index contributed by atoms with van der Waals surface area (Å²) < 4.78 is 5.93. The zero-order chi connectivity index (χ0) is 14.8. The minimum absolute atomic E-state index is 0.0167. The van der Waals surface area contributed by atoms with E-state index in [-0.39, 0.29) is 11.2 Å². The average Bonchev–Trinajstić information content (AvgIpc) is 2.51. The van der Waals surface area contributed by atoms with Gasteiger partial charge in [0.1, 0.15) is 17.1 Å². The highest BCUT2D eigenvalue weighted by Crippen LogP contribution is 2.32. The molecule has 0 spiro atoms. The Bertz CT molecular complexity index is 846. The number of para-hydroxylation sites is 2. The molecule has 0 saturated heterocycles. The molecule has 0 radical (unpaired) electrons.